The van der Waals surface area contributed by atoms with E-state index in [1.165, 1.54) is 31.2 Å². The number of aliphatic hydroxyl groups is 1. The molecule has 0 saturated carbocycles. The number of halogens is 1. The second-order valence-electron chi connectivity index (χ2n) is 4.13. The molecule has 3 N–H and O–H groups in total. The topological polar surface area (TPSA) is 95.9 Å². The Hall–Kier alpha value is -2.15. The minimum Gasteiger partial charge on any atom is -0.481 e. The van der Waals surface area contributed by atoms with Crippen molar-refractivity contribution in [3.63, 3.8) is 0 Å². The van der Waals surface area contributed by atoms with Crippen LogP contribution in [-0.4, -0.2) is 40.8 Å². The second kappa shape index (κ2) is 7.44. The van der Waals surface area contributed by atoms with E-state index >= 15 is 0 Å². The summed E-state index contributed by atoms with van der Waals surface area (Å²) >= 11 is 0. The minimum atomic E-state index is -1.23. The number of benzene rings is 1. The molecule has 0 radical (unpaired) electrons. The second-order valence-corrected chi connectivity index (χ2v) is 4.13. The number of carbonyl (C=O) groups is 2. The minimum absolute atomic E-state index is 0.0929. The van der Waals surface area contributed by atoms with Crippen LogP contribution in [0.1, 0.15) is 13.3 Å². The van der Waals surface area contributed by atoms with E-state index in [0.29, 0.717) is 5.75 Å². The van der Waals surface area contributed by atoms with Crippen molar-refractivity contribution in [1.82, 2.24) is 5.32 Å². The zero-order valence-electron chi connectivity index (χ0n) is 10.9. The Labute approximate surface area is 115 Å². The molecule has 0 bridgehead atoms. The first-order valence-corrected chi connectivity index (χ1v) is 6.00. The summed E-state index contributed by atoms with van der Waals surface area (Å²) < 4.78 is 18.0. The summed E-state index contributed by atoms with van der Waals surface area (Å²) in [6.07, 6.45) is -1.04. The normalized spacial score (nSPS) is 13.3. The van der Waals surface area contributed by atoms with Gasteiger partial charge in [0.25, 0.3) is 5.91 Å². The molecule has 2 atom stereocenters. The largest absolute Gasteiger partial charge is 0.481 e. The molecule has 0 spiro atoms. The summed E-state index contributed by atoms with van der Waals surface area (Å²) in [7, 11) is 0. The van der Waals surface area contributed by atoms with Gasteiger partial charge < -0.3 is 20.3 Å². The van der Waals surface area contributed by atoms with E-state index in [1.54, 1.807) is 0 Å². The lowest BCUT2D eigenvalue weighted by Crippen LogP contribution is -2.46. The van der Waals surface area contributed by atoms with Gasteiger partial charge in [-0.25, -0.2) is 9.18 Å². The number of hydrogen-bond acceptors (Lipinski definition) is 4. The van der Waals surface area contributed by atoms with Crippen molar-refractivity contribution in [1.29, 1.82) is 0 Å². The van der Waals surface area contributed by atoms with Crippen LogP contribution < -0.4 is 10.1 Å². The molecule has 7 heteroatoms. The van der Waals surface area contributed by atoms with E-state index in [1.807, 2.05) is 0 Å². The predicted octanol–water partition coefficient (Wildman–Crippen LogP) is 0.545. The van der Waals surface area contributed by atoms with Crippen molar-refractivity contribution in [2.45, 2.75) is 25.5 Å². The van der Waals surface area contributed by atoms with Gasteiger partial charge in [0.05, 0.1) is 0 Å². The van der Waals surface area contributed by atoms with Crippen molar-refractivity contribution in [2.75, 3.05) is 6.61 Å². The molecule has 20 heavy (non-hydrogen) atoms. The first kappa shape index (κ1) is 15.9. The first-order chi connectivity index (χ1) is 9.43. The third-order valence-electron chi connectivity index (χ3n) is 2.53. The van der Waals surface area contributed by atoms with Crippen LogP contribution in [0.15, 0.2) is 24.3 Å². The smallest absolute Gasteiger partial charge is 0.326 e. The summed E-state index contributed by atoms with van der Waals surface area (Å²) in [6.45, 7) is 1.08. The highest BCUT2D eigenvalue weighted by Crippen LogP contribution is 2.13. The van der Waals surface area contributed by atoms with Crippen LogP contribution in [-0.2, 0) is 9.59 Å². The number of hydrogen-bond donors (Lipinski definition) is 3. The lowest BCUT2D eigenvalue weighted by atomic mass is 10.2. The lowest BCUT2D eigenvalue weighted by Gasteiger charge is -2.18. The third-order valence-corrected chi connectivity index (χ3v) is 2.53. The van der Waals surface area contributed by atoms with Crippen LogP contribution in [0.3, 0.4) is 0 Å². The Morgan fingerprint density at radius 3 is 2.45 bits per heavy atom. The van der Waals surface area contributed by atoms with E-state index in [4.69, 9.17) is 14.9 Å². The number of aliphatic hydroxyl groups excluding tert-OH is 1. The lowest BCUT2D eigenvalue weighted by molar-refractivity contribution is -0.143. The SMILES string of the molecule is CC(Oc1ccc(F)cc1)C(=O)N[C@@H](CCO)C(=O)O. The fraction of sp³-hybridized carbons (Fsp3) is 0.385. The van der Waals surface area contributed by atoms with Crippen molar-refractivity contribution >= 4 is 11.9 Å². The average Bonchev–Trinajstić information content (AvgIpc) is 2.40. The third kappa shape index (κ3) is 4.85. The van der Waals surface area contributed by atoms with Crippen LogP contribution in [0, 0.1) is 5.82 Å². The van der Waals surface area contributed by atoms with Gasteiger partial charge in [0, 0.05) is 13.0 Å². The Bertz CT molecular complexity index is 462. The van der Waals surface area contributed by atoms with Crippen LogP contribution in [0.25, 0.3) is 0 Å². The summed E-state index contributed by atoms with van der Waals surface area (Å²) in [5, 5.41) is 19.8. The molecule has 1 aromatic carbocycles. The first-order valence-electron chi connectivity index (χ1n) is 6.00. The maximum Gasteiger partial charge on any atom is 0.326 e. The van der Waals surface area contributed by atoms with Gasteiger partial charge in [0.2, 0.25) is 0 Å². The molecule has 110 valence electrons. The van der Waals surface area contributed by atoms with Gasteiger partial charge in [-0.05, 0) is 31.2 Å². The van der Waals surface area contributed by atoms with Gasteiger partial charge >= 0.3 is 5.97 Å². The highest BCUT2D eigenvalue weighted by molar-refractivity contribution is 5.86. The fourth-order valence-electron chi connectivity index (χ4n) is 1.45. The average molecular weight is 285 g/mol. The number of aliphatic carboxylic acids is 1. The molecule has 1 aromatic rings. The van der Waals surface area contributed by atoms with E-state index in [0.717, 1.165) is 0 Å². The molecule has 0 heterocycles. The number of carboxylic acid groups (broad SMARTS) is 1. The maximum absolute atomic E-state index is 12.7. The molecule has 0 aliphatic rings. The molecule has 1 rings (SSSR count). The molecule has 0 fully saturated rings. The van der Waals surface area contributed by atoms with Gasteiger partial charge in [0.1, 0.15) is 17.6 Å². The number of carboxylic acids is 1. The molecule has 0 saturated heterocycles. The molecule has 0 aliphatic heterocycles. The van der Waals surface area contributed by atoms with Gasteiger partial charge in [-0.2, -0.15) is 0 Å². The van der Waals surface area contributed by atoms with Crippen LogP contribution in [0.5, 0.6) is 5.75 Å². The highest BCUT2D eigenvalue weighted by atomic mass is 19.1. The van der Waals surface area contributed by atoms with E-state index in [2.05, 4.69) is 5.32 Å². The van der Waals surface area contributed by atoms with E-state index < -0.39 is 29.8 Å². The standard InChI is InChI=1S/C13H16FNO5/c1-8(20-10-4-2-9(14)3-5-10)12(17)15-11(6-7-16)13(18)19/h2-5,8,11,16H,6-7H2,1H3,(H,15,17)(H,18,19)/t8?,11-/m0/s1. The Kier molecular flexibility index (Phi) is 5.92. The molecular formula is C13H16FNO5. The summed E-state index contributed by atoms with van der Waals surface area (Å²) in [6, 6.07) is 3.92. The number of ether oxygens (including phenoxy) is 1. The summed E-state index contributed by atoms with van der Waals surface area (Å²) in [4.78, 5) is 22.6. The zero-order chi connectivity index (χ0) is 15.1. The number of carbonyl (C=O) groups excluding carboxylic acids is 1. The van der Waals surface area contributed by atoms with Crippen molar-refractivity contribution in [2.24, 2.45) is 0 Å². The van der Waals surface area contributed by atoms with Crippen molar-refractivity contribution in [3.8, 4) is 5.75 Å². The quantitative estimate of drug-likeness (QED) is 0.679. The molecule has 0 aliphatic carbocycles. The Balaban J connectivity index is 2.57. The summed E-state index contributed by atoms with van der Waals surface area (Å²) in [5.41, 5.74) is 0. The van der Waals surface area contributed by atoms with Crippen molar-refractivity contribution < 1.29 is 28.9 Å². The van der Waals surface area contributed by atoms with Gasteiger partial charge in [-0.1, -0.05) is 0 Å². The van der Waals surface area contributed by atoms with Crippen molar-refractivity contribution in [3.05, 3.63) is 30.1 Å². The van der Waals surface area contributed by atoms with Gasteiger partial charge in [-0.3, -0.25) is 4.79 Å². The Morgan fingerprint density at radius 1 is 1.35 bits per heavy atom. The van der Waals surface area contributed by atoms with Gasteiger partial charge in [0.15, 0.2) is 6.10 Å². The summed E-state index contributed by atoms with van der Waals surface area (Å²) in [5.74, 6) is -2.00. The maximum atomic E-state index is 12.7. The van der Waals surface area contributed by atoms with Crippen LogP contribution in [0.2, 0.25) is 0 Å². The monoisotopic (exact) mass is 285 g/mol. The van der Waals surface area contributed by atoms with E-state index in [9.17, 15) is 14.0 Å². The molecule has 1 amide bonds. The molecule has 6 nitrogen and oxygen atoms in total. The molecule has 0 aromatic heterocycles. The van der Waals surface area contributed by atoms with Crippen LogP contribution >= 0.6 is 0 Å². The van der Waals surface area contributed by atoms with E-state index in [-0.39, 0.29) is 13.0 Å². The van der Waals surface area contributed by atoms with Crippen LogP contribution in [0.4, 0.5) is 4.39 Å². The highest BCUT2D eigenvalue weighted by Gasteiger charge is 2.23. The Morgan fingerprint density at radius 2 is 1.95 bits per heavy atom. The predicted molar refractivity (Wildman–Crippen MR) is 67.8 cm³/mol. The fourth-order valence-corrected chi connectivity index (χ4v) is 1.45. The zero-order valence-corrected chi connectivity index (χ0v) is 10.9. The number of amides is 1. The molecule has 1 unspecified atom stereocenters. The van der Waals surface area contributed by atoms with Gasteiger partial charge in [-0.15, -0.1) is 0 Å². The molecular weight excluding hydrogens is 269 g/mol. The number of nitrogens with one attached hydrogen (secondary N) is 1. The number of rotatable bonds is 7.